The number of nitrogens with zero attached hydrogens (tertiary/aromatic N) is 1. The molecule has 0 aliphatic heterocycles. The molecule has 0 saturated heterocycles. The van der Waals surface area contributed by atoms with Crippen molar-refractivity contribution in [3.05, 3.63) is 39.0 Å². The minimum Gasteiger partial charge on any atom is -0.326 e. The van der Waals surface area contributed by atoms with Crippen LogP contribution in [0.2, 0.25) is 0 Å². The average molecular weight is 315 g/mol. The molecular weight excluding hydrogens is 294 g/mol. The molecule has 0 bridgehead atoms. The first-order valence-electron chi connectivity index (χ1n) is 8.09. The van der Waals surface area contributed by atoms with Crippen LogP contribution >= 0.6 is 0 Å². The molecule has 0 atom stereocenters. The van der Waals surface area contributed by atoms with Crippen molar-refractivity contribution >= 4 is 22.5 Å². The molecule has 1 heterocycles. The molecule has 0 spiro atoms. The highest BCUT2D eigenvalue weighted by Crippen LogP contribution is 2.27. The number of amides is 1. The molecule has 1 fully saturated rings. The van der Waals surface area contributed by atoms with Gasteiger partial charge in [-0.1, -0.05) is 25.7 Å². The van der Waals surface area contributed by atoms with Crippen LogP contribution in [-0.4, -0.2) is 15.5 Å². The molecule has 2 aromatic rings. The largest absolute Gasteiger partial charge is 0.328 e. The number of hydrogen-bond acceptors (Lipinski definition) is 3. The third-order valence-electron chi connectivity index (χ3n) is 4.54. The summed E-state index contributed by atoms with van der Waals surface area (Å²) < 4.78 is 1.28. The maximum absolute atomic E-state index is 12.6. The van der Waals surface area contributed by atoms with E-state index in [4.69, 9.17) is 0 Å². The van der Waals surface area contributed by atoms with Gasteiger partial charge in [0.1, 0.15) is 0 Å². The normalized spacial score (nSPS) is 15.2. The fraction of sp³-hybridized carbons (Fsp3) is 0.471. The number of carbonyl (C=O) groups excluding carboxylic acids is 1. The number of nitrogens with one attached hydrogen (secondary N) is 2. The van der Waals surface area contributed by atoms with Crippen LogP contribution in [0, 0.1) is 5.92 Å². The van der Waals surface area contributed by atoms with E-state index in [0.29, 0.717) is 29.1 Å². The number of rotatable bonds is 4. The van der Waals surface area contributed by atoms with Crippen molar-refractivity contribution in [3.63, 3.8) is 0 Å². The van der Waals surface area contributed by atoms with Crippen molar-refractivity contribution in [1.29, 1.82) is 0 Å². The van der Waals surface area contributed by atoms with E-state index in [1.807, 2.05) is 0 Å². The monoisotopic (exact) mass is 315 g/mol. The molecule has 0 radical (unpaired) electrons. The van der Waals surface area contributed by atoms with Crippen molar-refractivity contribution in [2.75, 3.05) is 5.32 Å². The second kappa shape index (κ2) is 6.40. The van der Waals surface area contributed by atoms with Gasteiger partial charge in [-0.05, 0) is 30.5 Å². The van der Waals surface area contributed by atoms with Gasteiger partial charge < -0.3 is 10.3 Å². The Labute approximate surface area is 133 Å². The Morgan fingerprint density at radius 2 is 2.04 bits per heavy atom. The van der Waals surface area contributed by atoms with Crippen molar-refractivity contribution < 1.29 is 4.79 Å². The van der Waals surface area contributed by atoms with E-state index in [2.05, 4.69) is 10.3 Å². The van der Waals surface area contributed by atoms with E-state index in [-0.39, 0.29) is 17.2 Å². The number of fused-ring (bicyclic) bond motifs is 1. The molecule has 1 aromatic carbocycles. The van der Waals surface area contributed by atoms with E-state index >= 15 is 0 Å². The predicted molar refractivity (Wildman–Crippen MR) is 89.7 cm³/mol. The fourth-order valence-electron chi connectivity index (χ4n) is 3.35. The Balaban J connectivity index is 1.95. The molecule has 1 aliphatic rings. The van der Waals surface area contributed by atoms with Crippen LogP contribution in [0.5, 0.6) is 0 Å². The van der Waals surface area contributed by atoms with E-state index in [0.717, 1.165) is 6.42 Å². The van der Waals surface area contributed by atoms with Gasteiger partial charge in [0.05, 0.1) is 10.9 Å². The molecule has 0 unspecified atom stereocenters. The van der Waals surface area contributed by atoms with Gasteiger partial charge in [-0.15, -0.1) is 0 Å². The molecule has 122 valence electrons. The lowest BCUT2D eigenvalue weighted by Gasteiger charge is -2.11. The topological polar surface area (TPSA) is 84.0 Å². The molecule has 3 rings (SSSR count). The molecule has 2 N–H and O–H groups in total. The first-order valence-corrected chi connectivity index (χ1v) is 8.09. The minimum atomic E-state index is -0.368. The van der Waals surface area contributed by atoms with Gasteiger partial charge in [-0.2, -0.15) is 0 Å². The second-order valence-corrected chi connectivity index (χ2v) is 6.27. The molecule has 1 aliphatic carbocycles. The van der Waals surface area contributed by atoms with Crippen molar-refractivity contribution in [2.45, 2.75) is 45.6 Å². The zero-order valence-electron chi connectivity index (χ0n) is 13.2. The Bertz CT molecular complexity index is 844. The number of carbonyl (C=O) groups is 1. The summed E-state index contributed by atoms with van der Waals surface area (Å²) in [6.45, 7) is 1.86. The molecule has 1 amide bonds. The zero-order chi connectivity index (χ0) is 16.4. The summed E-state index contributed by atoms with van der Waals surface area (Å²) in [5, 5.41) is 3.07. The van der Waals surface area contributed by atoms with Gasteiger partial charge in [0.2, 0.25) is 5.91 Å². The van der Waals surface area contributed by atoms with Gasteiger partial charge in [-0.3, -0.25) is 14.2 Å². The van der Waals surface area contributed by atoms with Crippen molar-refractivity contribution in [1.82, 2.24) is 9.55 Å². The van der Waals surface area contributed by atoms with Crippen LogP contribution < -0.4 is 16.6 Å². The Kier molecular flexibility index (Phi) is 4.32. The van der Waals surface area contributed by atoms with Crippen LogP contribution in [0.4, 0.5) is 5.69 Å². The summed E-state index contributed by atoms with van der Waals surface area (Å²) in [7, 11) is 0. The fourth-order valence-corrected chi connectivity index (χ4v) is 3.35. The molecule has 23 heavy (non-hydrogen) atoms. The molecular formula is C17H21N3O3. The second-order valence-electron chi connectivity index (χ2n) is 6.27. The van der Waals surface area contributed by atoms with E-state index in [1.54, 1.807) is 18.2 Å². The summed E-state index contributed by atoms with van der Waals surface area (Å²) in [6.07, 6.45) is 5.72. The summed E-state index contributed by atoms with van der Waals surface area (Å²) in [5.74, 6) is 0.415. The van der Waals surface area contributed by atoms with Gasteiger partial charge in [0.25, 0.3) is 5.56 Å². The number of aromatic nitrogens is 2. The molecule has 6 nitrogen and oxygen atoms in total. The lowest BCUT2D eigenvalue weighted by molar-refractivity contribution is -0.114. The van der Waals surface area contributed by atoms with E-state index in [9.17, 15) is 14.4 Å². The summed E-state index contributed by atoms with van der Waals surface area (Å²) in [5.41, 5.74) is 0.379. The summed E-state index contributed by atoms with van der Waals surface area (Å²) >= 11 is 0. The smallest absolute Gasteiger partial charge is 0.326 e. The van der Waals surface area contributed by atoms with Gasteiger partial charge in [-0.25, -0.2) is 4.79 Å². The van der Waals surface area contributed by atoms with Crippen LogP contribution in [0.3, 0.4) is 0 Å². The molecule has 1 saturated carbocycles. The number of aromatic amines is 1. The Morgan fingerprint density at radius 3 is 2.74 bits per heavy atom. The van der Waals surface area contributed by atoms with Crippen LogP contribution in [0.25, 0.3) is 10.9 Å². The minimum absolute atomic E-state index is 0.199. The quantitative estimate of drug-likeness (QED) is 0.907. The molecule has 6 heteroatoms. The number of benzene rings is 1. The zero-order valence-corrected chi connectivity index (χ0v) is 13.2. The first kappa shape index (κ1) is 15.5. The van der Waals surface area contributed by atoms with Gasteiger partial charge in [0, 0.05) is 19.2 Å². The molecule has 1 aromatic heterocycles. The highest BCUT2D eigenvalue weighted by atomic mass is 16.2. The van der Waals surface area contributed by atoms with Crippen molar-refractivity contribution in [2.24, 2.45) is 5.92 Å². The van der Waals surface area contributed by atoms with Crippen LogP contribution in [0.15, 0.2) is 27.8 Å². The lowest BCUT2D eigenvalue weighted by Crippen LogP contribution is -2.35. The maximum atomic E-state index is 12.6. The first-order chi connectivity index (χ1) is 11.0. The maximum Gasteiger partial charge on any atom is 0.328 e. The summed E-state index contributed by atoms with van der Waals surface area (Å²) in [4.78, 5) is 38.7. The van der Waals surface area contributed by atoms with Gasteiger partial charge >= 0.3 is 5.69 Å². The predicted octanol–water partition coefficient (Wildman–Crippen LogP) is 2.23. The Morgan fingerprint density at radius 1 is 1.30 bits per heavy atom. The highest BCUT2D eigenvalue weighted by Gasteiger charge is 2.16. The number of anilines is 1. The van der Waals surface area contributed by atoms with Gasteiger partial charge in [0.15, 0.2) is 0 Å². The Hall–Kier alpha value is -2.37. The standard InChI is InChI=1S/C17H21N3O3/c1-11(21)18-13-6-7-15-14(10-13)16(22)20(17(23)19-15)9-8-12-4-2-3-5-12/h6-7,10,12H,2-5,8-9H2,1H3,(H,18,21)(H,19,23). The highest BCUT2D eigenvalue weighted by molar-refractivity contribution is 5.91. The van der Waals surface area contributed by atoms with E-state index in [1.165, 1.54) is 37.2 Å². The number of hydrogen-bond donors (Lipinski definition) is 2. The van der Waals surface area contributed by atoms with Crippen molar-refractivity contribution in [3.8, 4) is 0 Å². The SMILES string of the molecule is CC(=O)Nc1ccc2[nH]c(=O)n(CCC3CCCC3)c(=O)c2c1. The third kappa shape index (κ3) is 3.36. The third-order valence-corrected chi connectivity index (χ3v) is 4.54. The number of H-pyrrole nitrogens is 1. The lowest BCUT2D eigenvalue weighted by atomic mass is 10.0. The van der Waals surface area contributed by atoms with Crippen LogP contribution in [0.1, 0.15) is 39.0 Å². The summed E-state index contributed by atoms with van der Waals surface area (Å²) in [6, 6.07) is 4.92. The van der Waals surface area contributed by atoms with E-state index < -0.39 is 0 Å². The van der Waals surface area contributed by atoms with Crippen LogP contribution in [-0.2, 0) is 11.3 Å². The average Bonchev–Trinajstić information content (AvgIpc) is 3.00.